The summed E-state index contributed by atoms with van der Waals surface area (Å²) in [7, 11) is 0. The third kappa shape index (κ3) is 1.78. The van der Waals surface area contributed by atoms with Crippen LogP contribution in [0, 0.1) is 11.8 Å². The van der Waals surface area contributed by atoms with Gasteiger partial charge in [0.15, 0.2) is 0 Å². The summed E-state index contributed by atoms with van der Waals surface area (Å²) in [5.41, 5.74) is 0. The Bertz CT molecular complexity index is 248. The van der Waals surface area contributed by atoms with Crippen LogP contribution in [0.15, 0.2) is 0 Å². The van der Waals surface area contributed by atoms with Crippen LogP contribution in [0.2, 0.25) is 0 Å². The van der Waals surface area contributed by atoms with Crippen LogP contribution in [0.3, 0.4) is 0 Å². The lowest BCUT2D eigenvalue weighted by Crippen LogP contribution is -2.44. The lowest BCUT2D eigenvalue weighted by molar-refractivity contribution is -0.139. The maximum Gasteiger partial charge on any atom is 0.228 e. The highest BCUT2D eigenvalue weighted by atomic mass is 16.3. The Balaban J connectivity index is 2.10. The summed E-state index contributed by atoms with van der Waals surface area (Å²) in [6, 6.07) is 0.300. The number of aliphatic hydroxyl groups is 1. The molecule has 86 valence electrons. The van der Waals surface area contributed by atoms with Crippen molar-refractivity contribution in [1.82, 2.24) is 4.90 Å². The van der Waals surface area contributed by atoms with Crippen LogP contribution < -0.4 is 0 Å². The van der Waals surface area contributed by atoms with Crippen molar-refractivity contribution in [3.8, 4) is 0 Å². The first kappa shape index (κ1) is 10.9. The second-order valence-electron chi connectivity index (χ2n) is 5.10. The summed E-state index contributed by atoms with van der Waals surface area (Å²) in [6.45, 7) is 3.90. The highest BCUT2D eigenvalue weighted by Gasteiger charge is 2.45. The van der Waals surface area contributed by atoms with Crippen LogP contribution >= 0.6 is 0 Å². The molecule has 0 aromatic rings. The van der Waals surface area contributed by atoms with Gasteiger partial charge in [0.05, 0.1) is 0 Å². The maximum absolute atomic E-state index is 12.0. The van der Waals surface area contributed by atoms with Gasteiger partial charge in [0.1, 0.15) is 6.23 Å². The van der Waals surface area contributed by atoms with Gasteiger partial charge >= 0.3 is 0 Å². The number of nitrogens with zero attached hydrogens (tertiary/aromatic N) is 1. The van der Waals surface area contributed by atoms with E-state index < -0.39 is 6.23 Å². The van der Waals surface area contributed by atoms with E-state index in [1.54, 1.807) is 4.90 Å². The summed E-state index contributed by atoms with van der Waals surface area (Å²) >= 11 is 0. The van der Waals surface area contributed by atoms with Gasteiger partial charge in [0.2, 0.25) is 5.91 Å². The molecule has 0 bridgehead atoms. The van der Waals surface area contributed by atoms with E-state index >= 15 is 0 Å². The van der Waals surface area contributed by atoms with Gasteiger partial charge in [-0.25, -0.2) is 0 Å². The smallest absolute Gasteiger partial charge is 0.228 e. The second kappa shape index (κ2) is 4.12. The average Bonchev–Trinajstić information content (AvgIpc) is 2.45. The first-order chi connectivity index (χ1) is 7.13. The van der Waals surface area contributed by atoms with Crippen molar-refractivity contribution in [2.24, 2.45) is 11.8 Å². The number of aliphatic hydroxyl groups excluding tert-OH is 1. The largest absolute Gasteiger partial charge is 0.373 e. The van der Waals surface area contributed by atoms with Crippen molar-refractivity contribution in [3.63, 3.8) is 0 Å². The van der Waals surface area contributed by atoms with Crippen molar-refractivity contribution >= 4 is 5.91 Å². The van der Waals surface area contributed by atoms with Crippen molar-refractivity contribution in [3.05, 3.63) is 0 Å². The van der Waals surface area contributed by atoms with E-state index in [-0.39, 0.29) is 17.7 Å². The number of hydrogen-bond donors (Lipinski definition) is 1. The Morgan fingerprint density at radius 3 is 2.27 bits per heavy atom. The minimum absolute atomic E-state index is 0.0121. The molecule has 0 radical (unpaired) electrons. The molecule has 1 aliphatic heterocycles. The number of carbonyl (C=O) groups is 1. The molecule has 15 heavy (non-hydrogen) atoms. The summed E-state index contributed by atoms with van der Waals surface area (Å²) < 4.78 is 0. The molecule has 1 amide bonds. The minimum Gasteiger partial charge on any atom is -0.373 e. The third-order valence-electron chi connectivity index (χ3n) is 4.16. The quantitative estimate of drug-likeness (QED) is 0.718. The van der Waals surface area contributed by atoms with E-state index in [1.165, 1.54) is 19.3 Å². The lowest BCUT2D eigenvalue weighted by Gasteiger charge is -2.34. The molecule has 2 fully saturated rings. The molecule has 2 rings (SSSR count). The molecule has 1 N–H and O–H groups in total. The van der Waals surface area contributed by atoms with Crippen molar-refractivity contribution < 1.29 is 9.90 Å². The lowest BCUT2D eigenvalue weighted by atomic mass is 9.94. The standard InChI is InChI=1S/C12H21NO2/c1-8-9(2)12(15)13(11(8)14)10-6-4-3-5-7-10/h8-11,14H,3-7H2,1-2H3. The van der Waals surface area contributed by atoms with E-state index in [9.17, 15) is 9.90 Å². The van der Waals surface area contributed by atoms with Gasteiger partial charge in [0, 0.05) is 17.9 Å². The van der Waals surface area contributed by atoms with Gasteiger partial charge in [-0.1, -0.05) is 33.1 Å². The summed E-state index contributed by atoms with van der Waals surface area (Å²) in [6.07, 6.45) is 5.27. The molecule has 0 aromatic carbocycles. The van der Waals surface area contributed by atoms with Crippen LogP contribution in [0.1, 0.15) is 46.0 Å². The minimum atomic E-state index is -0.546. The van der Waals surface area contributed by atoms with Crippen molar-refractivity contribution in [2.45, 2.75) is 58.2 Å². The molecule has 3 atom stereocenters. The van der Waals surface area contributed by atoms with E-state index in [4.69, 9.17) is 0 Å². The van der Waals surface area contributed by atoms with E-state index in [1.807, 2.05) is 13.8 Å². The van der Waals surface area contributed by atoms with Crippen molar-refractivity contribution in [2.75, 3.05) is 0 Å². The fraction of sp³-hybridized carbons (Fsp3) is 0.917. The Kier molecular flexibility index (Phi) is 3.01. The highest BCUT2D eigenvalue weighted by molar-refractivity contribution is 5.81. The number of likely N-dealkylation sites (tertiary alicyclic amines) is 1. The van der Waals surface area contributed by atoms with Gasteiger partial charge in [-0.2, -0.15) is 0 Å². The van der Waals surface area contributed by atoms with Crippen molar-refractivity contribution in [1.29, 1.82) is 0 Å². The van der Waals surface area contributed by atoms with Gasteiger partial charge < -0.3 is 10.0 Å². The Morgan fingerprint density at radius 1 is 1.20 bits per heavy atom. The zero-order chi connectivity index (χ0) is 11.0. The van der Waals surface area contributed by atoms with Crippen LogP contribution in [0.5, 0.6) is 0 Å². The predicted octanol–water partition coefficient (Wildman–Crippen LogP) is 1.75. The topological polar surface area (TPSA) is 40.5 Å². The molecule has 1 heterocycles. The number of hydrogen-bond acceptors (Lipinski definition) is 2. The Hall–Kier alpha value is -0.570. The molecule has 1 aliphatic carbocycles. The molecule has 1 saturated heterocycles. The molecule has 2 aliphatic rings. The van der Waals surface area contributed by atoms with E-state index in [0.29, 0.717) is 6.04 Å². The van der Waals surface area contributed by atoms with Crippen LogP contribution in [0.4, 0.5) is 0 Å². The first-order valence-electron chi connectivity index (χ1n) is 6.13. The molecule has 0 aromatic heterocycles. The van der Waals surface area contributed by atoms with Gasteiger partial charge in [-0.15, -0.1) is 0 Å². The Morgan fingerprint density at radius 2 is 1.80 bits per heavy atom. The monoisotopic (exact) mass is 211 g/mol. The normalized spacial score (nSPS) is 38.7. The molecule has 0 spiro atoms. The second-order valence-corrected chi connectivity index (χ2v) is 5.10. The fourth-order valence-corrected chi connectivity index (χ4v) is 2.86. The molecule has 3 unspecified atom stereocenters. The summed E-state index contributed by atoms with van der Waals surface area (Å²) in [4.78, 5) is 13.7. The Labute approximate surface area is 91.5 Å². The van der Waals surface area contributed by atoms with E-state index in [0.717, 1.165) is 12.8 Å². The van der Waals surface area contributed by atoms with Crippen LogP contribution in [0.25, 0.3) is 0 Å². The average molecular weight is 211 g/mol. The van der Waals surface area contributed by atoms with Gasteiger partial charge in [-0.3, -0.25) is 4.79 Å². The molecule has 3 heteroatoms. The summed E-state index contributed by atoms with van der Waals surface area (Å²) in [5, 5.41) is 10.1. The molecule has 3 nitrogen and oxygen atoms in total. The fourth-order valence-electron chi connectivity index (χ4n) is 2.86. The maximum atomic E-state index is 12.0. The predicted molar refractivity (Wildman–Crippen MR) is 58.1 cm³/mol. The van der Waals surface area contributed by atoms with E-state index in [2.05, 4.69) is 0 Å². The number of carbonyl (C=O) groups excluding carboxylic acids is 1. The number of amides is 1. The number of rotatable bonds is 1. The van der Waals surface area contributed by atoms with Crippen LogP contribution in [-0.2, 0) is 4.79 Å². The third-order valence-corrected chi connectivity index (χ3v) is 4.16. The molecular weight excluding hydrogens is 190 g/mol. The molecule has 1 saturated carbocycles. The highest BCUT2D eigenvalue weighted by Crippen LogP contribution is 2.34. The summed E-state index contributed by atoms with van der Waals surface area (Å²) in [5.74, 6) is 0.225. The van der Waals surface area contributed by atoms with Crippen LogP contribution in [-0.4, -0.2) is 28.2 Å². The zero-order valence-electron chi connectivity index (χ0n) is 9.65. The zero-order valence-corrected chi connectivity index (χ0v) is 9.65. The SMILES string of the molecule is CC1C(=O)N(C2CCCCC2)C(O)C1C. The molecular formula is C12H21NO2. The van der Waals surface area contributed by atoms with Gasteiger partial charge in [0.25, 0.3) is 0 Å². The van der Waals surface area contributed by atoms with Gasteiger partial charge in [-0.05, 0) is 12.8 Å². The first-order valence-corrected chi connectivity index (χ1v) is 6.13.